The van der Waals surface area contributed by atoms with Gasteiger partial charge < -0.3 is 5.11 Å². The van der Waals surface area contributed by atoms with Gasteiger partial charge in [-0.25, -0.2) is 9.18 Å². The second-order valence-corrected chi connectivity index (χ2v) is 2.22. The maximum atomic E-state index is 12.4. The summed E-state index contributed by atoms with van der Waals surface area (Å²) >= 11 is 0. The smallest absolute Gasteiger partial charge is 0.348 e. The molecule has 0 aliphatic rings. The molecule has 1 rings (SSSR count). The minimum atomic E-state index is -1.14. The van der Waals surface area contributed by atoms with E-state index in [1.54, 1.807) is 0 Å². The summed E-state index contributed by atoms with van der Waals surface area (Å²) in [7, 11) is 0. The first-order valence-electron chi connectivity index (χ1n) is 3.46. The van der Waals surface area contributed by atoms with Gasteiger partial charge in [0.05, 0.1) is 5.69 Å². The summed E-state index contributed by atoms with van der Waals surface area (Å²) in [6.07, 6.45) is 0.712. The largest absolute Gasteiger partial charge is 0.477 e. The van der Waals surface area contributed by atoms with Gasteiger partial charge in [0.15, 0.2) is 0 Å². The molecule has 4 nitrogen and oxygen atoms in total. The number of hydrogen-bond donors (Lipinski definition) is 2. The topological polar surface area (TPSA) is 61.7 Å². The van der Waals surface area contributed by atoms with E-state index in [1.165, 1.54) is 24.3 Å². The van der Waals surface area contributed by atoms with Gasteiger partial charge in [0.25, 0.3) is 0 Å². The predicted octanol–water partition coefficient (Wildman–Crippen LogP) is 1.31. The number of halogens is 1. The van der Waals surface area contributed by atoms with Gasteiger partial charge in [-0.1, -0.05) is 0 Å². The van der Waals surface area contributed by atoms with Crippen molar-refractivity contribution < 1.29 is 14.3 Å². The molecule has 0 radical (unpaired) electrons. The third kappa shape index (κ3) is 3.33. The highest BCUT2D eigenvalue weighted by Crippen LogP contribution is 2.07. The second kappa shape index (κ2) is 4.20. The second-order valence-electron chi connectivity index (χ2n) is 2.22. The third-order valence-electron chi connectivity index (χ3n) is 1.21. The average Bonchev–Trinajstić information content (AvgIpc) is 2.08. The van der Waals surface area contributed by atoms with Crippen LogP contribution in [0.2, 0.25) is 0 Å². The van der Waals surface area contributed by atoms with E-state index in [2.05, 4.69) is 10.5 Å². The van der Waals surface area contributed by atoms with Crippen molar-refractivity contribution in [3.05, 3.63) is 30.1 Å². The number of nitrogens with zero attached hydrogens (tertiary/aromatic N) is 1. The van der Waals surface area contributed by atoms with Crippen LogP contribution < -0.4 is 5.43 Å². The van der Waals surface area contributed by atoms with Crippen LogP contribution in [0.25, 0.3) is 0 Å². The quantitative estimate of drug-likeness (QED) is 0.547. The Morgan fingerprint density at radius 1 is 1.46 bits per heavy atom. The van der Waals surface area contributed by atoms with Crippen molar-refractivity contribution in [3.63, 3.8) is 0 Å². The molecule has 0 spiro atoms. The monoisotopic (exact) mass is 182 g/mol. The zero-order valence-corrected chi connectivity index (χ0v) is 6.57. The number of carbonyl (C=O) groups is 1. The minimum absolute atomic E-state index is 0.354. The fourth-order valence-corrected chi connectivity index (χ4v) is 0.686. The normalized spacial score (nSPS) is 10.2. The van der Waals surface area contributed by atoms with Crippen LogP contribution >= 0.6 is 0 Å². The molecule has 0 unspecified atom stereocenters. The molecule has 0 amide bonds. The van der Waals surface area contributed by atoms with Crippen LogP contribution in [-0.2, 0) is 4.79 Å². The molecule has 0 atom stereocenters. The molecule has 0 saturated heterocycles. The number of benzene rings is 1. The summed E-state index contributed by atoms with van der Waals surface area (Å²) in [4.78, 5) is 9.99. The Labute approximate surface area is 73.7 Å². The number of hydrogen-bond acceptors (Lipinski definition) is 3. The Balaban J connectivity index is 2.55. The van der Waals surface area contributed by atoms with Gasteiger partial charge in [-0.05, 0) is 24.3 Å². The van der Waals surface area contributed by atoms with E-state index >= 15 is 0 Å². The van der Waals surface area contributed by atoms with Crippen LogP contribution in [0.5, 0.6) is 0 Å². The van der Waals surface area contributed by atoms with Crippen molar-refractivity contribution in [1.29, 1.82) is 0 Å². The Hall–Kier alpha value is -1.91. The van der Waals surface area contributed by atoms with Crippen molar-refractivity contribution in [2.45, 2.75) is 0 Å². The first-order chi connectivity index (χ1) is 6.18. The van der Waals surface area contributed by atoms with E-state index in [0.29, 0.717) is 11.9 Å². The highest BCUT2D eigenvalue weighted by molar-refractivity contribution is 6.22. The standard InChI is InChI=1S/C8H7FN2O2/c9-6-1-3-7(4-2-6)11-10-5-8(12)13/h1-5,11H,(H,12,13)/b10-5+. The van der Waals surface area contributed by atoms with Crippen LogP contribution in [0.15, 0.2) is 29.4 Å². The number of aliphatic carboxylic acids is 1. The number of anilines is 1. The summed E-state index contributed by atoms with van der Waals surface area (Å²) in [5.41, 5.74) is 2.95. The molecule has 0 aromatic heterocycles. The van der Waals surface area contributed by atoms with E-state index in [0.717, 1.165) is 0 Å². The maximum absolute atomic E-state index is 12.4. The highest BCUT2D eigenvalue weighted by atomic mass is 19.1. The molecule has 0 aliphatic carbocycles. The van der Waals surface area contributed by atoms with Crippen LogP contribution in [0, 0.1) is 5.82 Å². The first-order valence-corrected chi connectivity index (χ1v) is 3.46. The van der Waals surface area contributed by atoms with Gasteiger partial charge in [-0.15, -0.1) is 0 Å². The lowest BCUT2D eigenvalue weighted by atomic mass is 10.3. The molecule has 1 aromatic carbocycles. The molecule has 0 aliphatic heterocycles. The summed E-state index contributed by atoms with van der Waals surface area (Å²) in [6.45, 7) is 0. The molecular formula is C8H7FN2O2. The van der Waals surface area contributed by atoms with Crippen molar-refractivity contribution in [3.8, 4) is 0 Å². The molecule has 5 heteroatoms. The molecule has 13 heavy (non-hydrogen) atoms. The Kier molecular flexibility index (Phi) is 2.97. The number of nitrogens with one attached hydrogen (secondary N) is 1. The van der Waals surface area contributed by atoms with E-state index in [1.807, 2.05) is 0 Å². The third-order valence-corrected chi connectivity index (χ3v) is 1.21. The molecule has 68 valence electrons. The Morgan fingerprint density at radius 2 is 2.08 bits per heavy atom. The lowest BCUT2D eigenvalue weighted by Gasteiger charge is -1.97. The summed E-state index contributed by atoms with van der Waals surface area (Å²) < 4.78 is 12.4. The van der Waals surface area contributed by atoms with Gasteiger partial charge >= 0.3 is 5.97 Å². The molecule has 1 aromatic rings. The molecule has 0 fully saturated rings. The van der Waals surface area contributed by atoms with Crippen molar-refractivity contribution in [1.82, 2.24) is 0 Å². The maximum Gasteiger partial charge on any atom is 0.348 e. The number of carboxylic acids is 1. The van der Waals surface area contributed by atoms with E-state index in [9.17, 15) is 9.18 Å². The van der Waals surface area contributed by atoms with Crippen molar-refractivity contribution in [2.24, 2.45) is 5.10 Å². The molecule has 0 saturated carbocycles. The number of carboxylic acid groups (broad SMARTS) is 1. The SMILES string of the molecule is O=C(O)/C=N/Nc1ccc(F)cc1. The average molecular weight is 182 g/mol. The van der Waals surface area contributed by atoms with Gasteiger partial charge in [0.1, 0.15) is 12.0 Å². The fourth-order valence-electron chi connectivity index (χ4n) is 0.686. The Bertz CT molecular complexity index is 321. The van der Waals surface area contributed by atoms with Crippen LogP contribution in [0.3, 0.4) is 0 Å². The summed E-state index contributed by atoms with van der Waals surface area (Å²) in [5, 5.41) is 11.6. The summed E-state index contributed by atoms with van der Waals surface area (Å²) in [6, 6.07) is 5.40. The van der Waals surface area contributed by atoms with Crippen molar-refractivity contribution in [2.75, 3.05) is 5.43 Å². The zero-order chi connectivity index (χ0) is 9.68. The van der Waals surface area contributed by atoms with E-state index < -0.39 is 5.97 Å². The number of rotatable bonds is 3. The number of hydrazone groups is 1. The van der Waals surface area contributed by atoms with Crippen LogP contribution in [0.4, 0.5) is 10.1 Å². The minimum Gasteiger partial charge on any atom is -0.477 e. The highest BCUT2D eigenvalue weighted by Gasteiger charge is 1.90. The van der Waals surface area contributed by atoms with E-state index in [-0.39, 0.29) is 5.82 Å². The van der Waals surface area contributed by atoms with E-state index in [4.69, 9.17) is 5.11 Å². The molecule has 2 N–H and O–H groups in total. The Morgan fingerprint density at radius 3 is 2.62 bits per heavy atom. The zero-order valence-electron chi connectivity index (χ0n) is 6.57. The van der Waals surface area contributed by atoms with Crippen LogP contribution in [0.1, 0.15) is 0 Å². The summed E-state index contributed by atoms with van der Waals surface area (Å²) in [5.74, 6) is -1.50. The van der Waals surface area contributed by atoms with Crippen molar-refractivity contribution >= 4 is 17.9 Å². The molecule has 0 heterocycles. The predicted molar refractivity (Wildman–Crippen MR) is 46.2 cm³/mol. The molecule has 0 bridgehead atoms. The molecular weight excluding hydrogens is 175 g/mol. The first kappa shape index (κ1) is 9.18. The fraction of sp³-hybridized carbons (Fsp3) is 0. The lowest BCUT2D eigenvalue weighted by molar-refractivity contribution is -0.128. The van der Waals surface area contributed by atoms with Gasteiger partial charge in [0.2, 0.25) is 0 Å². The van der Waals surface area contributed by atoms with Gasteiger partial charge in [0, 0.05) is 0 Å². The van der Waals surface area contributed by atoms with Crippen LogP contribution in [-0.4, -0.2) is 17.3 Å². The van der Waals surface area contributed by atoms with Gasteiger partial charge in [-0.2, -0.15) is 5.10 Å². The lowest BCUT2D eigenvalue weighted by Crippen LogP contribution is -1.98. The van der Waals surface area contributed by atoms with Gasteiger partial charge in [-0.3, -0.25) is 5.43 Å².